The molecule has 0 amide bonds. The summed E-state index contributed by atoms with van der Waals surface area (Å²) in [7, 11) is 0. The highest BCUT2D eigenvalue weighted by atomic mass is 15.3. The molecule has 0 fully saturated rings. The fourth-order valence-electron chi connectivity index (χ4n) is 2.33. The van der Waals surface area contributed by atoms with Crippen LogP contribution in [0, 0.1) is 5.92 Å². The lowest BCUT2D eigenvalue weighted by Gasteiger charge is -2.19. The molecule has 1 aromatic heterocycles. The molecule has 1 rings (SSSR count). The van der Waals surface area contributed by atoms with Crippen LogP contribution in [0.3, 0.4) is 0 Å². The summed E-state index contributed by atoms with van der Waals surface area (Å²) in [5.41, 5.74) is 1.22. The van der Waals surface area contributed by atoms with Crippen LogP contribution in [0.15, 0.2) is 12.3 Å². The molecule has 19 heavy (non-hydrogen) atoms. The first kappa shape index (κ1) is 16.2. The van der Waals surface area contributed by atoms with Gasteiger partial charge in [-0.25, -0.2) is 0 Å². The summed E-state index contributed by atoms with van der Waals surface area (Å²) < 4.78 is 2.10. The van der Waals surface area contributed by atoms with Crippen molar-refractivity contribution in [1.29, 1.82) is 0 Å². The maximum Gasteiger partial charge on any atom is 0.0640 e. The molecule has 1 N–H and O–H groups in total. The predicted octanol–water partition coefficient (Wildman–Crippen LogP) is 3.81. The van der Waals surface area contributed by atoms with Gasteiger partial charge in [0.25, 0.3) is 0 Å². The second kappa shape index (κ2) is 8.36. The fraction of sp³-hybridized carbons (Fsp3) is 0.812. The van der Waals surface area contributed by atoms with Crippen LogP contribution in [0.4, 0.5) is 0 Å². The van der Waals surface area contributed by atoms with E-state index in [-0.39, 0.29) is 0 Å². The molecule has 3 heteroatoms. The van der Waals surface area contributed by atoms with Gasteiger partial charge in [0.1, 0.15) is 0 Å². The summed E-state index contributed by atoms with van der Waals surface area (Å²) in [5.74, 6) is 0.728. The minimum absolute atomic E-state index is 0.501. The first-order chi connectivity index (χ1) is 9.06. The molecular weight excluding hydrogens is 234 g/mol. The van der Waals surface area contributed by atoms with Gasteiger partial charge in [-0.15, -0.1) is 0 Å². The quantitative estimate of drug-likeness (QED) is 0.736. The molecule has 2 atom stereocenters. The van der Waals surface area contributed by atoms with Crippen molar-refractivity contribution in [3.63, 3.8) is 0 Å². The Labute approximate surface area is 118 Å². The monoisotopic (exact) mass is 265 g/mol. The van der Waals surface area contributed by atoms with Gasteiger partial charge < -0.3 is 5.32 Å². The summed E-state index contributed by atoms with van der Waals surface area (Å²) in [6, 6.07) is 3.23. The topological polar surface area (TPSA) is 29.9 Å². The van der Waals surface area contributed by atoms with Crippen molar-refractivity contribution in [2.45, 2.75) is 72.4 Å². The van der Waals surface area contributed by atoms with Gasteiger partial charge in [-0.1, -0.05) is 27.7 Å². The van der Waals surface area contributed by atoms with Crippen LogP contribution in [-0.4, -0.2) is 22.4 Å². The number of nitrogens with one attached hydrogen (secondary N) is 1. The zero-order valence-electron chi connectivity index (χ0n) is 13.3. The minimum atomic E-state index is 0.501. The summed E-state index contributed by atoms with van der Waals surface area (Å²) in [6.07, 6.45) is 6.70. The van der Waals surface area contributed by atoms with E-state index in [2.05, 4.69) is 56.9 Å². The Balaban J connectivity index is 2.59. The van der Waals surface area contributed by atoms with Crippen molar-refractivity contribution in [3.05, 3.63) is 18.0 Å². The second-order valence-electron chi connectivity index (χ2n) is 6.03. The molecule has 0 radical (unpaired) electrons. The van der Waals surface area contributed by atoms with E-state index in [0.717, 1.165) is 25.3 Å². The first-order valence-corrected chi connectivity index (χ1v) is 7.84. The summed E-state index contributed by atoms with van der Waals surface area (Å²) in [5, 5.41) is 8.37. The fourth-order valence-corrected chi connectivity index (χ4v) is 2.33. The zero-order chi connectivity index (χ0) is 14.3. The van der Waals surface area contributed by atoms with Crippen LogP contribution in [-0.2, 0) is 6.42 Å². The van der Waals surface area contributed by atoms with Gasteiger partial charge in [0.2, 0.25) is 0 Å². The van der Waals surface area contributed by atoms with Gasteiger partial charge in [-0.05, 0) is 44.7 Å². The molecule has 0 aliphatic rings. The number of hydrogen-bond donors (Lipinski definition) is 1. The third-order valence-electron chi connectivity index (χ3n) is 3.60. The Kier molecular flexibility index (Phi) is 7.14. The third-order valence-corrected chi connectivity index (χ3v) is 3.60. The SMILES string of the molecule is CCCNC(Cc1ccn(C(C)CC)n1)CC(C)C. The Morgan fingerprint density at radius 3 is 2.58 bits per heavy atom. The summed E-state index contributed by atoms with van der Waals surface area (Å²) >= 11 is 0. The Morgan fingerprint density at radius 1 is 1.26 bits per heavy atom. The largest absolute Gasteiger partial charge is 0.314 e. The van der Waals surface area contributed by atoms with E-state index in [1.807, 2.05) is 0 Å². The molecule has 0 spiro atoms. The minimum Gasteiger partial charge on any atom is -0.314 e. The normalized spacial score (nSPS) is 14.8. The number of rotatable bonds is 9. The Bertz CT molecular complexity index is 344. The van der Waals surface area contributed by atoms with Gasteiger partial charge in [0, 0.05) is 24.7 Å². The number of aromatic nitrogens is 2. The van der Waals surface area contributed by atoms with E-state index in [1.165, 1.54) is 18.5 Å². The average molecular weight is 265 g/mol. The van der Waals surface area contributed by atoms with Crippen LogP contribution >= 0.6 is 0 Å². The van der Waals surface area contributed by atoms with Crippen LogP contribution < -0.4 is 5.32 Å². The average Bonchev–Trinajstić information content (AvgIpc) is 2.82. The molecule has 3 nitrogen and oxygen atoms in total. The van der Waals surface area contributed by atoms with E-state index in [4.69, 9.17) is 5.10 Å². The van der Waals surface area contributed by atoms with Gasteiger partial charge in [0.05, 0.1) is 5.69 Å². The van der Waals surface area contributed by atoms with Crippen LogP contribution in [0.2, 0.25) is 0 Å². The molecule has 0 aromatic carbocycles. The highest BCUT2D eigenvalue weighted by molar-refractivity contribution is 5.02. The van der Waals surface area contributed by atoms with Crippen molar-refractivity contribution < 1.29 is 0 Å². The molecule has 0 aliphatic carbocycles. The van der Waals surface area contributed by atoms with Crippen LogP contribution in [0.5, 0.6) is 0 Å². The molecule has 0 saturated carbocycles. The van der Waals surface area contributed by atoms with Crippen molar-refractivity contribution in [2.24, 2.45) is 5.92 Å². The number of hydrogen-bond acceptors (Lipinski definition) is 2. The van der Waals surface area contributed by atoms with Crippen LogP contribution in [0.1, 0.15) is 65.6 Å². The number of nitrogens with zero attached hydrogens (tertiary/aromatic N) is 2. The Hall–Kier alpha value is -0.830. The smallest absolute Gasteiger partial charge is 0.0640 e. The summed E-state index contributed by atoms with van der Waals surface area (Å²) in [6.45, 7) is 12.3. The van der Waals surface area contributed by atoms with E-state index >= 15 is 0 Å². The van der Waals surface area contributed by atoms with Crippen molar-refractivity contribution in [1.82, 2.24) is 15.1 Å². The maximum absolute atomic E-state index is 4.71. The third kappa shape index (κ3) is 5.77. The van der Waals surface area contributed by atoms with Gasteiger partial charge in [-0.3, -0.25) is 4.68 Å². The van der Waals surface area contributed by atoms with E-state index in [9.17, 15) is 0 Å². The molecule has 0 saturated heterocycles. The van der Waals surface area contributed by atoms with E-state index in [1.54, 1.807) is 0 Å². The van der Waals surface area contributed by atoms with Crippen molar-refractivity contribution in [2.75, 3.05) is 6.54 Å². The molecule has 0 bridgehead atoms. The van der Waals surface area contributed by atoms with E-state index in [0.29, 0.717) is 12.1 Å². The molecule has 1 aromatic rings. The molecule has 1 heterocycles. The summed E-state index contributed by atoms with van der Waals surface area (Å²) in [4.78, 5) is 0. The lowest BCUT2D eigenvalue weighted by atomic mass is 10.00. The second-order valence-corrected chi connectivity index (χ2v) is 6.03. The van der Waals surface area contributed by atoms with Crippen molar-refractivity contribution in [3.8, 4) is 0 Å². The predicted molar refractivity (Wildman–Crippen MR) is 82.5 cm³/mol. The standard InChI is InChI=1S/C16H31N3/c1-6-9-17-16(11-13(3)4)12-15-8-10-19(18-15)14(5)7-2/h8,10,13-14,16-17H,6-7,9,11-12H2,1-5H3. The lowest BCUT2D eigenvalue weighted by Crippen LogP contribution is -2.33. The van der Waals surface area contributed by atoms with Crippen molar-refractivity contribution >= 4 is 0 Å². The molecular formula is C16H31N3. The Morgan fingerprint density at radius 2 is 2.00 bits per heavy atom. The van der Waals surface area contributed by atoms with Gasteiger partial charge in [-0.2, -0.15) is 5.10 Å². The maximum atomic E-state index is 4.71. The van der Waals surface area contributed by atoms with E-state index < -0.39 is 0 Å². The molecule has 110 valence electrons. The lowest BCUT2D eigenvalue weighted by molar-refractivity contribution is 0.408. The highest BCUT2D eigenvalue weighted by Gasteiger charge is 2.13. The van der Waals surface area contributed by atoms with Gasteiger partial charge in [0.15, 0.2) is 0 Å². The van der Waals surface area contributed by atoms with Gasteiger partial charge >= 0.3 is 0 Å². The van der Waals surface area contributed by atoms with Crippen LogP contribution in [0.25, 0.3) is 0 Å². The zero-order valence-corrected chi connectivity index (χ0v) is 13.3. The first-order valence-electron chi connectivity index (χ1n) is 7.84. The molecule has 0 aliphatic heterocycles. The molecule has 2 unspecified atom stereocenters. The highest BCUT2D eigenvalue weighted by Crippen LogP contribution is 2.13.